The Labute approximate surface area is 120 Å². The highest BCUT2D eigenvalue weighted by atomic mass is 16.3. The summed E-state index contributed by atoms with van der Waals surface area (Å²) in [6, 6.07) is 8.35. The molecule has 0 saturated carbocycles. The Morgan fingerprint density at radius 2 is 2.05 bits per heavy atom. The second kappa shape index (κ2) is 5.67. The molecule has 4 nitrogen and oxygen atoms in total. The molecule has 4 heteroatoms. The highest BCUT2D eigenvalue weighted by molar-refractivity contribution is 5.46. The van der Waals surface area contributed by atoms with Crippen molar-refractivity contribution in [3.63, 3.8) is 0 Å². The van der Waals surface area contributed by atoms with Crippen molar-refractivity contribution in [1.29, 1.82) is 0 Å². The Morgan fingerprint density at radius 3 is 2.85 bits per heavy atom. The number of likely N-dealkylation sites (N-methyl/N-ethyl adjacent to an activating group) is 1. The lowest BCUT2D eigenvalue weighted by atomic mass is 10.2. The maximum Gasteiger partial charge on any atom is 0.132 e. The Morgan fingerprint density at radius 1 is 1.20 bits per heavy atom. The van der Waals surface area contributed by atoms with Gasteiger partial charge in [-0.15, -0.1) is 0 Å². The van der Waals surface area contributed by atoms with Crippen LogP contribution in [0.25, 0.3) is 0 Å². The van der Waals surface area contributed by atoms with E-state index in [1.165, 1.54) is 5.56 Å². The number of hydrogen-bond acceptors (Lipinski definition) is 4. The van der Waals surface area contributed by atoms with E-state index in [9.17, 15) is 0 Å². The molecule has 0 spiro atoms. The number of aromatic nitrogens is 1. The summed E-state index contributed by atoms with van der Waals surface area (Å²) < 4.78 is 5.82. The molecule has 3 heterocycles. The van der Waals surface area contributed by atoms with Crippen LogP contribution in [0.3, 0.4) is 0 Å². The minimum atomic E-state index is 0.863. The monoisotopic (exact) mass is 271 g/mol. The zero-order chi connectivity index (χ0) is 13.9. The number of nitrogens with zero attached hydrogens (tertiary/aromatic N) is 3. The van der Waals surface area contributed by atoms with Gasteiger partial charge in [0.05, 0.1) is 6.54 Å². The number of aryl methyl sites for hydroxylation is 1. The van der Waals surface area contributed by atoms with Crippen LogP contribution in [0, 0.1) is 0 Å². The average molecular weight is 271 g/mol. The van der Waals surface area contributed by atoms with Crippen molar-refractivity contribution in [3.05, 3.63) is 47.5 Å². The van der Waals surface area contributed by atoms with E-state index in [4.69, 9.17) is 4.42 Å². The van der Waals surface area contributed by atoms with Gasteiger partial charge in [0.25, 0.3) is 0 Å². The fourth-order valence-electron chi connectivity index (χ4n) is 2.67. The highest BCUT2D eigenvalue weighted by Gasteiger charge is 2.19. The van der Waals surface area contributed by atoms with Crippen molar-refractivity contribution in [2.45, 2.75) is 26.4 Å². The summed E-state index contributed by atoms with van der Waals surface area (Å²) in [4.78, 5) is 9.14. The zero-order valence-electron chi connectivity index (χ0n) is 12.2. The second-order valence-corrected chi connectivity index (χ2v) is 5.34. The molecule has 0 aromatic carbocycles. The van der Waals surface area contributed by atoms with E-state index in [2.05, 4.69) is 47.0 Å². The fraction of sp³-hybridized carbons (Fsp3) is 0.438. The van der Waals surface area contributed by atoms with Crippen molar-refractivity contribution in [1.82, 2.24) is 9.88 Å². The van der Waals surface area contributed by atoms with Crippen LogP contribution in [-0.2, 0) is 19.5 Å². The lowest BCUT2D eigenvalue weighted by Crippen LogP contribution is -2.28. The van der Waals surface area contributed by atoms with Gasteiger partial charge in [-0.2, -0.15) is 0 Å². The predicted molar refractivity (Wildman–Crippen MR) is 79.7 cm³/mol. The van der Waals surface area contributed by atoms with Crippen LogP contribution in [0.2, 0.25) is 0 Å². The van der Waals surface area contributed by atoms with Gasteiger partial charge in [-0.3, -0.25) is 4.90 Å². The summed E-state index contributed by atoms with van der Waals surface area (Å²) in [5, 5.41) is 0. The lowest BCUT2D eigenvalue weighted by Gasteiger charge is -2.19. The van der Waals surface area contributed by atoms with Crippen molar-refractivity contribution in [2.75, 3.05) is 25.0 Å². The molecule has 1 aliphatic rings. The van der Waals surface area contributed by atoms with Crippen LogP contribution in [-0.4, -0.2) is 30.0 Å². The van der Waals surface area contributed by atoms with E-state index >= 15 is 0 Å². The van der Waals surface area contributed by atoms with Gasteiger partial charge >= 0.3 is 0 Å². The normalized spacial score (nSPS) is 16.0. The molecule has 0 amide bonds. The SMILES string of the molecule is CCc1ccc(CN2CCN(C)c3ncccc3C2)o1. The lowest BCUT2D eigenvalue weighted by molar-refractivity contribution is 0.244. The van der Waals surface area contributed by atoms with Gasteiger partial charge in [0.1, 0.15) is 17.3 Å². The Kier molecular flexibility index (Phi) is 3.74. The fourth-order valence-corrected chi connectivity index (χ4v) is 2.67. The topological polar surface area (TPSA) is 32.5 Å². The van der Waals surface area contributed by atoms with Gasteiger partial charge in [-0.1, -0.05) is 13.0 Å². The van der Waals surface area contributed by atoms with E-state index in [1.54, 1.807) is 0 Å². The number of furan rings is 1. The molecule has 0 unspecified atom stereocenters. The minimum absolute atomic E-state index is 0.863. The molecule has 20 heavy (non-hydrogen) atoms. The van der Waals surface area contributed by atoms with Crippen LogP contribution in [0.4, 0.5) is 5.82 Å². The van der Waals surface area contributed by atoms with E-state index < -0.39 is 0 Å². The predicted octanol–water partition coefficient (Wildman–Crippen LogP) is 2.69. The molecule has 0 atom stereocenters. The summed E-state index contributed by atoms with van der Waals surface area (Å²) in [7, 11) is 2.11. The quantitative estimate of drug-likeness (QED) is 0.859. The number of anilines is 1. The second-order valence-electron chi connectivity index (χ2n) is 5.34. The number of hydrogen-bond donors (Lipinski definition) is 0. The van der Waals surface area contributed by atoms with E-state index in [1.807, 2.05) is 12.3 Å². The maximum atomic E-state index is 5.82. The van der Waals surface area contributed by atoms with Crippen LogP contribution in [0.5, 0.6) is 0 Å². The largest absolute Gasteiger partial charge is 0.465 e. The number of rotatable bonds is 3. The van der Waals surface area contributed by atoms with E-state index in [-0.39, 0.29) is 0 Å². The third-order valence-corrected chi connectivity index (χ3v) is 3.82. The molecular weight excluding hydrogens is 250 g/mol. The minimum Gasteiger partial charge on any atom is -0.465 e. The Balaban J connectivity index is 1.76. The van der Waals surface area contributed by atoms with Gasteiger partial charge in [-0.25, -0.2) is 4.98 Å². The molecule has 2 aromatic rings. The Bertz CT molecular complexity index is 579. The van der Waals surface area contributed by atoms with Crippen LogP contribution in [0.15, 0.2) is 34.9 Å². The summed E-state index contributed by atoms with van der Waals surface area (Å²) in [6.07, 6.45) is 2.82. The first-order valence-electron chi connectivity index (χ1n) is 7.21. The van der Waals surface area contributed by atoms with Crippen LogP contribution < -0.4 is 4.90 Å². The molecule has 0 bridgehead atoms. The van der Waals surface area contributed by atoms with Crippen LogP contribution >= 0.6 is 0 Å². The molecule has 106 valence electrons. The summed E-state index contributed by atoms with van der Waals surface area (Å²) in [5.74, 6) is 3.22. The summed E-state index contributed by atoms with van der Waals surface area (Å²) in [6.45, 7) is 5.92. The van der Waals surface area contributed by atoms with E-state index in [0.29, 0.717) is 0 Å². The van der Waals surface area contributed by atoms with Crippen molar-refractivity contribution < 1.29 is 4.42 Å². The first-order valence-corrected chi connectivity index (χ1v) is 7.21. The number of pyridine rings is 1. The van der Waals surface area contributed by atoms with Crippen molar-refractivity contribution in [3.8, 4) is 0 Å². The maximum absolute atomic E-state index is 5.82. The Hall–Kier alpha value is -1.81. The summed E-state index contributed by atoms with van der Waals surface area (Å²) >= 11 is 0. The van der Waals surface area contributed by atoms with Gasteiger partial charge < -0.3 is 9.32 Å². The molecule has 0 fully saturated rings. The van der Waals surface area contributed by atoms with Crippen molar-refractivity contribution in [2.24, 2.45) is 0 Å². The van der Waals surface area contributed by atoms with Gasteiger partial charge in [0.2, 0.25) is 0 Å². The van der Waals surface area contributed by atoms with Crippen molar-refractivity contribution >= 4 is 5.82 Å². The third-order valence-electron chi connectivity index (χ3n) is 3.82. The van der Waals surface area contributed by atoms with Gasteiger partial charge in [-0.05, 0) is 18.2 Å². The zero-order valence-corrected chi connectivity index (χ0v) is 12.2. The molecule has 0 radical (unpaired) electrons. The first kappa shape index (κ1) is 13.2. The molecular formula is C16H21N3O. The first-order chi connectivity index (χ1) is 9.76. The van der Waals surface area contributed by atoms with Crippen LogP contribution in [0.1, 0.15) is 24.0 Å². The van der Waals surface area contributed by atoms with Gasteiger partial charge in [0, 0.05) is 44.9 Å². The molecule has 0 aliphatic carbocycles. The van der Waals surface area contributed by atoms with E-state index in [0.717, 1.165) is 49.9 Å². The molecule has 3 rings (SSSR count). The standard InChI is InChI=1S/C16H21N3O/c1-3-14-6-7-15(20-14)12-19-10-9-18(2)16-13(11-19)5-4-8-17-16/h4-8H,3,9-12H2,1-2H3. The molecule has 0 saturated heterocycles. The third kappa shape index (κ3) is 2.70. The molecule has 1 aliphatic heterocycles. The average Bonchev–Trinajstić information content (AvgIpc) is 2.86. The highest BCUT2D eigenvalue weighted by Crippen LogP contribution is 2.22. The molecule has 2 aromatic heterocycles. The molecule has 0 N–H and O–H groups in total. The number of fused-ring (bicyclic) bond motifs is 1. The summed E-state index contributed by atoms with van der Waals surface area (Å²) in [5.41, 5.74) is 1.29. The van der Waals surface area contributed by atoms with Gasteiger partial charge in [0.15, 0.2) is 0 Å². The smallest absolute Gasteiger partial charge is 0.132 e.